The molecule has 17 heavy (non-hydrogen) atoms. The zero-order chi connectivity index (χ0) is 12.8. The second kappa shape index (κ2) is 6.27. The van der Waals surface area contributed by atoms with Crippen molar-refractivity contribution < 1.29 is 9.53 Å². The van der Waals surface area contributed by atoms with Gasteiger partial charge in [-0.25, -0.2) is 14.3 Å². The van der Waals surface area contributed by atoms with Crippen molar-refractivity contribution in [2.75, 3.05) is 13.7 Å². The summed E-state index contributed by atoms with van der Waals surface area (Å²) in [5.74, 6) is 0.664. The van der Waals surface area contributed by atoms with Crippen molar-refractivity contribution in [3.05, 3.63) is 11.9 Å². The van der Waals surface area contributed by atoms with E-state index in [-0.39, 0.29) is 6.03 Å². The molecule has 0 bridgehead atoms. The Bertz CT molecular complexity index is 372. The van der Waals surface area contributed by atoms with Gasteiger partial charge in [0.25, 0.3) is 0 Å². The van der Waals surface area contributed by atoms with Gasteiger partial charge in [0.2, 0.25) is 0 Å². The first-order valence-corrected chi connectivity index (χ1v) is 5.92. The summed E-state index contributed by atoms with van der Waals surface area (Å²) in [6, 6.07) is 0.134. The number of methoxy groups -OCH3 is 1. The Balaban J connectivity index is 2.46. The maximum atomic E-state index is 11.8. The highest BCUT2D eigenvalue weighted by atomic mass is 16.5. The number of hydrogen-bond acceptors (Lipinski definition) is 3. The van der Waals surface area contributed by atoms with E-state index in [1.54, 1.807) is 6.20 Å². The molecule has 1 N–H and O–H groups in total. The second-order valence-electron chi connectivity index (χ2n) is 4.51. The van der Waals surface area contributed by atoms with Gasteiger partial charge in [-0.05, 0) is 25.7 Å². The summed E-state index contributed by atoms with van der Waals surface area (Å²) in [5, 5.41) is 2.85. The van der Waals surface area contributed by atoms with Gasteiger partial charge in [-0.3, -0.25) is 0 Å². The number of nitrogens with zero attached hydrogens (tertiary/aromatic N) is 2. The average molecular weight is 239 g/mol. The fourth-order valence-electron chi connectivity index (χ4n) is 1.56. The summed E-state index contributed by atoms with van der Waals surface area (Å²) in [7, 11) is 1.50. The van der Waals surface area contributed by atoms with Gasteiger partial charge in [0.1, 0.15) is 0 Å². The van der Waals surface area contributed by atoms with Crippen LogP contribution in [0.3, 0.4) is 0 Å². The molecule has 5 heteroatoms. The van der Waals surface area contributed by atoms with Crippen molar-refractivity contribution in [3.8, 4) is 6.01 Å². The molecule has 0 radical (unpaired) electrons. The first-order valence-electron chi connectivity index (χ1n) is 5.92. The van der Waals surface area contributed by atoms with Gasteiger partial charge in [-0.15, -0.1) is 0 Å². The van der Waals surface area contributed by atoms with E-state index in [0.717, 1.165) is 18.5 Å². The first kappa shape index (κ1) is 13.5. The number of aromatic nitrogens is 2. The Morgan fingerprint density at radius 3 is 2.88 bits per heavy atom. The number of hydrogen-bond donors (Lipinski definition) is 1. The van der Waals surface area contributed by atoms with Crippen molar-refractivity contribution in [2.24, 2.45) is 5.92 Å². The number of amides is 1. The van der Waals surface area contributed by atoms with E-state index < -0.39 is 0 Å². The third kappa shape index (κ3) is 4.09. The minimum atomic E-state index is -0.189. The summed E-state index contributed by atoms with van der Waals surface area (Å²) in [6.45, 7) is 6.84. The molecular weight excluding hydrogens is 218 g/mol. The number of aryl methyl sites for hydroxylation is 1. The average Bonchev–Trinajstić information content (AvgIpc) is 2.65. The fourth-order valence-corrected chi connectivity index (χ4v) is 1.56. The van der Waals surface area contributed by atoms with E-state index in [9.17, 15) is 4.79 Å². The van der Waals surface area contributed by atoms with Crippen LogP contribution in [0.25, 0.3) is 0 Å². The van der Waals surface area contributed by atoms with Gasteiger partial charge in [-0.2, -0.15) is 0 Å². The third-order valence-corrected chi connectivity index (χ3v) is 2.43. The van der Waals surface area contributed by atoms with Crippen LogP contribution >= 0.6 is 0 Å². The third-order valence-electron chi connectivity index (χ3n) is 2.43. The van der Waals surface area contributed by atoms with Crippen LogP contribution < -0.4 is 10.1 Å². The first-order chi connectivity index (χ1) is 8.04. The monoisotopic (exact) mass is 239 g/mol. The molecular formula is C12H21N3O2. The normalized spacial score (nSPS) is 10.6. The molecule has 0 spiro atoms. The largest absolute Gasteiger partial charge is 0.468 e. The van der Waals surface area contributed by atoms with Gasteiger partial charge in [-0.1, -0.05) is 13.8 Å². The quantitative estimate of drug-likeness (QED) is 0.801. The van der Waals surface area contributed by atoms with E-state index >= 15 is 0 Å². The number of carbonyl (C=O) groups excluding carboxylic acids is 1. The highest BCUT2D eigenvalue weighted by Gasteiger charge is 2.12. The molecule has 0 aliphatic rings. The van der Waals surface area contributed by atoms with Crippen molar-refractivity contribution in [3.63, 3.8) is 0 Å². The number of imidazole rings is 1. The maximum absolute atomic E-state index is 11.8. The molecule has 0 aliphatic carbocycles. The number of nitrogens with one attached hydrogen (secondary N) is 1. The van der Waals surface area contributed by atoms with Crippen LogP contribution in [0.15, 0.2) is 6.20 Å². The predicted octanol–water partition coefficient (Wildman–Crippen LogP) is 2.19. The van der Waals surface area contributed by atoms with E-state index in [0.29, 0.717) is 18.5 Å². The summed E-state index contributed by atoms with van der Waals surface area (Å²) in [5.41, 5.74) is 0.763. The lowest BCUT2D eigenvalue weighted by Gasteiger charge is -2.08. The zero-order valence-corrected chi connectivity index (χ0v) is 11.0. The second-order valence-corrected chi connectivity index (χ2v) is 4.51. The molecule has 0 atom stereocenters. The minimum absolute atomic E-state index is 0.189. The zero-order valence-electron chi connectivity index (χ0n) is 11.0. The van der Waals surface area contributed by atoms with Gasteiger partial charge in [0.15, 0.2) is 0 Å². The van der Waals surface area contributed by atoms with Crippen LogP contribution in [0.2, 0.25) is 0 Å². The summed E-state index contributed by atoms with van der Waals surface area (Å²) in [6.07, 6.45) is 3.76. The van der Waals surface area contributed by atoms with Crippen molar-refractivity contribution in [1.29, 1.82) is 0 Å². The molecule has 1 heterocycles. The lowest BCUT2D eigenvalue weighted by atomic mass is 10.1. The maximum Gasteiger partial charge on any atom is 0.329 e. The Labute approximate surface area is 102 Å². The van der Waals surface area contributed by atoms with Crippen molar-refractivity contribution >= 4 is 6.03 Å². The number of ether oxygens (including phenoxy) is 1. The van der Waals surface area contributed by atoms with Crippen LogP contribution in [-0.2, 0) is 0 Å². The molecule has 1 amide bonds. The van der Waals surface area contributed by atoms with Gasteiger partial charge < -0.3 is 10.1 Å². The molecule has 1 aromatic heterocycles. The topological polar surface area (TPSA) is 56.2 Å². The Hall–Kier alpha value is -1.52. The molecule has 0 aromatic carbocycles. The predicted molar refractivity (Wildman–Crippen MR) is 66.4 cm³/mol. The summed E-state index contributed by atoms with van der Waals surface area (Å²) < 4.78 is 6.42. The molecule has 0 saturated heterocycles. The van der Waals surface area contributed by atoms with Crippen LogP contribution in [0.1, 0.15) is 32.4 Å². The fraction of sp³-hybridized carbons (Fsp3) is 0.667. The molecule has 96 valence electrons. The molecule has 1 aromatic rings. The van der Waals surface area contributed by atoms with Crippen molar-refractivity contribution in [1.82, 2.24) is 14.9 Å². The molecule has 0 unspecified atom stereocenters. The number of carbonyl (C=O) groups is 1. The van der Waals surface area contributed by atoms with Crippen molar-refractivity contribution in [2.45, 2.75) is 33.6 Å². The lowest BCUT2D eigenvalue weighted by Crippen LogP contribution is -2.29. The molecule has 0 aliphatic heterocycles. The highest BCUT2D eigenvalue weighted by Crippen LogP contribution is 2.09. The molecule has 1 rings (SSSR count). The smallest absolute Gasteiger partial charge is 0.329 e. The standard InChI is InChI=1S/C12H21N3O2/c1-9(2)6-5-7-13-11(16)15-8-10(3)14-12(15)17-4/h8-9H,5-7H2,1-4H3,(H,13,16). The summed E-state index contributed by atoms with van der Waals surface area (Å²) >= 11 is 0. The van der Waals surface area contributed by atoms with E-state index in [4.69, 9.17) is 4.74 Å². The highest BCUT2D eigenvalue weighted by molar-refractivity contribution is 5.78. The summed E-state index contributed by atoms with van der Waals surface area (Å²) in [4.78, 5) is 15.9. The van der Waals surface area contributed by atoms with Crippen LogP contribution in [0.5, 0.6) is 6.01 Å². The molecule has 0 saturated carbocycles. The van der Waals surface area contributed by atoms with E-state index in [1.165, 1.54) is 11.7 Å². The van der Waals surface area contributed by atoms with Gasteiger partial charge in [0.05, 0.1) is 12.8 Å². The van der Waals surface area contributed by atoms with Crippen LogP contribution in [0, 0.1) is 12.8 Å². The van der Waals surface area contributed by atoms with Crippen LogP contribution in [0.4, 0.5) is 4.79 Å². The minimum Gasteiger partial charge on any atom is -0.468 e. The van der Waals surface area contributed by atoms with Gasteiger partial charge in [0, 0.05) is 12.7 Å². The Morgan fingerprint density at radius 2 is 2.29 bits per heavy atom. The SMILES string of the molecule is COc1nc(C)cn1C(=O)NCCCC(C)C. The molecule has 5 nitrogen and oxygen atoms in total. The Kier molecular flexibility index (Phi) is 5.00. The Morgan fingerprint density at radius 1 is 1.59 bits per heavy atom. The van der Waals surface area contributed by atoms with Gasteiger partial charge >= 0.3 is 12.0 Å². The van der Waals surface area contributed by atoms with Crippen LogP contribution in [-0.4, -0.2) is 29.2 Å². The van der Waals surface area contributed by atoms with E-state index in [2.05, 4.69) is 24.1 Å². The molecule has 0 fully saturated rings. The number of rotatable bonds is 5. The van der Waals surface area contributed by atoms with E-state index in [1.807, 2.05) is 6.92 Å². The lowest BCUT2D eigenvalue weighted by molar-refractivity contribution is 0.237.